The van der Waals surface area contributed by atoms with Crippen LogP contribution in [0.5, 0.6) is 0 Å². The largest absolute Gasteiger partial charge is 0.383 e. The maximum atomic E-state index is 12.1. The normalized spacial score (nSPS) is 9.67. The Labute approximate surface area is 128 Å². The van der Waals surface area contributed by atoms with Crippen LogP contribution in [0.1, 0.15) is 43.7 Å². The quantitative estimate of drug-likeness (QED) is 0.634. The van der Waals surface area contributed by atoms with E-state index in [4.69, 9.17) is 0 Å². The second-order valence-electron chi connectivity index (χ2n) is 4.13. The highest BCUT2D eigenvalue weighted by molar-refractivity contribution is 6.10. The molecule has 4 heteroatoms. The molecule has 21 heavy (non-hydrogen) atoms. The fourth-order valence-electron chi connectivity index (χ4n) is 1.72. The molecule has 0 aliphatic rings. The first kappa shape index (κ1) is 18.9. The summed E-state index contributed by atoms with van der Waals surface area (Å²) in [6.45, 7) is 9.85. The van der Waals surface area contributed by atoms with Crippen LogP contribution >= 0.6 is 0 Å². The van der Waals surface area contributed by atoms with E-state index in [0.29, 0.717) is 5.56 Å². The average Bonchev–Trinajstić information content (AvgIpc) is 2.84. The number of hydrogen-bond donors (Lipinski definition) is 0. The molecule has 0 atom stereocenters. The summed E-state index contributed by atoms with van der Waals surface area (Å²) in [6.07, 6.45) is 5.15. The molecule has 0 fully saturated rings. The van der Waals surface area contributed by atoms with Gasteiger partial charge in [-0.2, -0.15) is 5.10 Å². The molecular formula is C17H27N3O. The molecule has 2 aromatic rings. The van der Waals surface area contributed by atoms with Crippen LogP contribution in [0.25, 0.3) is 5.52 Å². The second-order valence-corrected chi connectivity index (χ2v) is 4.13. The molecule has 4 nitrogen and oxygen atoms in total. The van der Waals surface area contributed by atoms with Crippen molar-refractivity contribution in [2.45, 2.75) is 34.6 Å². The number of aromatic nitrogens is 2. The molecule has 2 aromatic heterocycles. The van der Waals surface area contributed by atoms with Crippen LogP contribution in [0.2, 0.25) is 0 Å². The van der Waals surface area contributed by atoms with Crippen LogP contribution in [0.4, 0.5) is 0 Å². The molecule has 0 amide bonds. The van der Waals surface area contributed by atoms with Crippen LogP contribution in [0.15, 0.2) is 36.7 Å². The summed E-state index contributed by atoms with van der Waals surface area (Å²) in [5.74, 6) is -0.0163. The van der Waals surface area contributed by atoms with Gasteiger partial charge in [-0.05, 0) is 19.1 Å². The SMILES string of the molecule is CC.CC.Cc1nn2ccccc2c1C(=O)/C=C/N(C)C. The minimum absolute atomic E-state index is 0.0163. The lowest BCUT2D eigenvalue weighted by atomic mass is 10.1. The monoisotopic (exact) mass is 289 g/mol. The fraction of sp³-hybridized carbons (Fsp3) is 0.412. The van der Waals surface area contributed by atoms with Crippen molar-refractivity contribution < 1.29 is 4.79 Å². The number of pyridine rings is 1. The molecule has 0 saturated heterocycles. The maximum absolute atomic E-state index is 12.1. The Kier molecular flexibility index (Phi) is 8.77. The van der Waals surface area contributed by atoms with E-state index in [2.05, 4.69) is 5.10 Å². The molecule has 0 aliphatic heterocycles. The first-order chi connectivity index (χ1) is 10.1. The van der Waals surface area contributed by atoms with Gasteiger partial charge in [0, 0.05) is 32.6 Å². The number of hydrogen-bond acceptors (Lipinski definition) is 3. The van der Waals surface area contributed by atoms with Crippen molar-refractivity contribution in [3.8, 4) is 0 Å². The van der Waals surface area contributed by atoms with Gasteiger partial charge >= 0.3 is 0 Å². The third-order valence-corrected chi connectivity index (χ3v) is 2.49. The zero-order chi connectivity index (χ0) is 16.4. The molecule has 0 N–H and O–H groups in total. The smallest absolute Gasteiger partial charge is 0.191 e. The molecule has 0 spiro atoms. The third kappa shape index (κ3) is 5.06. The molecule has 0 aliphatic carbocycles. The Bertz CT molecular complexity index is 583. The summed E-state index contributed by atoms with van der Waals surface area (Å²) in [4.78, 5) is 13.9. The average molecular weight is 289 g/mol. The molecule has 0 aromatic carbocycles. The van der Waals surface area contributed by atoms with Crippen molar-refractivity contribution in [3.05, 3.63) is 47.9 Å². The van der Waals surface area contributed by atoms with E-state index in [1.54, 1.807) is 16.8 Å². The van der Waals surface area contributed by atoms with Crippen LogP contribution in [-0.4, -0.2) is 34.4 Å². The molecule has 0 saturated carbocycles. The van der Waals surface area contributed by atoms with E-state index in [-0.39, 0.29) is 5.78 Å². The Morgan fingerprint density at radius 1 is 1.19 bits per heavy atom. The molecule has 116 valence electrons. The van der Waals surface area contributed by atoms with Crippen LogP contribution in [-0.2, 0) is 0 Å². The van der Waals surface area contributed by atoms with E-state index >= 15 is 0 Å². The molecule has 0 bridgehead atoms. The van der Waals surface area contributed by atoms with Crippen molar-refractivity contribution in [1.82, 2.24) is 14.5 Å². The van der Waals surface area contributed by atoms with Crippen molar-refractivity contribution in [2.24, 2.45) is 0 Å². The first-order valence-corrected chi connectivity index (χ1v) is 7.42. The molecule has 2 heterocycles. The predicted octanol–water partition coefficient (Wildman–Crippen LogP) is 3.95. The molecule has 2 rings (SSSR count). The van der Waals surface area contributed by atoms with Crippen molar-refractivity contribution >= 4 is 11.3 Å². The zero-order valence-electron chi connectivity index (χ0n) is 14.2. The standard InChI is InChI=1S/C13H15N3O.2C2H6/c1-10-13(12(17)7-9-15(2)3)11-6-4-5-8-16(11)14-10;2*1-2/h4-9H,1-3H3;2*1-2H3/b9-7+;;. The number of carbonyl (C=O) groups is 1. The van der Waals surface area contributed by atoms with Crippen molar-refractivity contribution in [1.29, 1.82) is 0 Å². The summed E-state index contributed by atoms with van der Waals surface area (Å²) in [7, 11) is 3.76. The number of rotatable bonds is 3. The predicted molar refractivity (Wildman–Crippen MR) is 89.8 cm³/mol. The van der Waals surface area contributed by atoms with Gasteiger partial charge in [-0.1, -0.05) is 33.8 Å². The Hall–Kier alpha value is -2.10. The summed E-state index contributed by atoms with van der Waals surface area (Å²) in [5, 5.41) is 4.31. The Morgan fingerprint density at radius 3 is 2.38 bits per heavy atom. The van der Waals surface area contributed by atoms with E-state index in [0.717, 1.165) is 11.2 Å². The van der Waals surface area contributed by atoms with Crippen LogP contribution in [0.3, 0.4) is 0 Å². The lowest BCUT2D eigenvalue weighted by molar-refractivity contribution is 0.104. The highest BCUT2D eigenvalue weighted by Crippen LogP contribution is 2.16. The summed E-state index contributed by atoms with van der Waals surface area (Å²) >= 11 is 0. The lowest BCUT2D eigenvalue weighted by Crippen LogP contribution is -2.03. The van der Waals surface area contributed by atoms with Gasteiger partial charge in [0.25, 0.3) is 0 Å². The summed E-state index contributed by atoms with van der Waals surface area (Å²) in [6, 6.07) is 5.70. The van der Waals surface area contributed by atoms with Crippen LogP contribution in [0, 0.1) is 6.92 Å². The lowest BCUT2D eigenvalue weighted by Gasteiger charge is -2.02. The van der Waals surface area contributed by atoms with Gasteiger partial charge in [-0.25, -0.2) is 4.52 Å². The minimum atomic E-state index is -0.0163. The van der Waals surface area contributed by atoms with Gasteiger partial charge in [0.2, 0.25) is 0 Å². The number of fused-ring (bicyclic) bond motifs is 1. The number of nitrogens with zero attached hydrogens (tertiary/aromatic N) is 3. The Morgan fingerprint density at radius 2 is 1.81 bits per heavy atom. The molecule has 0 radical (unpaired) electrons. The van der Waals surface area contributed by atoms with Gasteiger partial charge in [0.1, 0.15) is 0 Å². The first-order valence-electron chi connectivity index (χ1n) is 7.42. The highest BCUT2D eigenvalue weighted by atomic mass is 16.1. The van der Waals surface area contributed by atoms with Gasteiger partial charge < -0.3 is 4.90 Å². The summed E-state index contributed by atoms with van der Waals surface area (Å²) in [5.41, 5.74) is 2.27. The van der Waals surface area contributed by atoms with Crippen molar-refractivity contribution in [2.75, 3.05) is 14.1 Å². The van der Waals surface area contributed by atoms with E-state index in [1.807, 2.05) is 78.0 Å². The molecule has 0 unspecified atom stereocenters. The number of allylic oxidation sites excluding steroid dienone is 1. The van der Waals surface area contributed by atoms with E-state index < -0.39 is 0 Å². The minimum Gasteiger partial charge on any atom is -0.383 e. The van der Waals surface area contributed by atoms with Crippen molar-refractivity contribution in [3.63, 3.8) is 0 Å². The third-order valence-electron chi connectivity index (χ3n) is 2.49. The topological polar surface area (TPSA) is 37.6 Å². The number of carbonyl (C=O) groups excluding carboxylic acids is 1. The second kappa shape index (κ2) is 9.75. The Balaban J connectivity index is 0.000000921. The number of ketones is 1. The van der Waals surface area contributed by atoms with Gasteiger partial charge in [-0.3, -0.25) is 4.79 Å². The number of aryl methyl sites for hydroxylation is 1. The van der Waals surface area contributed by atoms with Crippen LogP contribution < -0.4 is 0 Å². The zero-order valence-corrected chi connectivity index (χ0v) is 14.2. The summed E-state index contributed by atoms with van der Waals surface area (Å²) < 4.78 is 1.73. The molecular weight excluding hydrogens is 262 g/mol. The van der Waals surface area contributed by atoms with E-state index in [1.165, 1.54) is 0 Å². The fourth-order valence-corrected chi connectivity index (χ4v) is 1.72. The van der Waals surface area contributed by atoms with Gasteiger partial charge in [0.05, 0.1) is 16.8 Å². The van der Waals surface area contributed by atoms with E-state index in [9.17, 15) is 4.79 Å². The highest BCUT2D eigenvalue weighted by Gasteiger charge is 2.14. The maximum Gasteiger partial charge on any atom is 0.191 e. The van der Waals surface area contributed by atoms with Gasteiger partial charge in [-0.15, -0.1) is 0 Å². The van der Waals surface area contributed by atoms with Gasteiger partial charge in [0.15, 0.2) is 5.78 Å².